The van der Waals surface area contributed by atoms with E-state index in [0.29, 0.717) is 17.8 Å². The maximum absolute atomic E-state index is 11.5. The van der Waals surface area contributed by atoms with Crippen LogP contribution in [0.1, 0.15) is 23.0 Å². The number of imide groups is 1. The summed E-state index contributed by atoms with van der Waals surface area (Å²) in [5.41, 5.74) is 1.22. The van der Waals surface area contributed by atoms with Gasteiger partial charge in [0.05, 0.1) is 17.8 Å². The summed E-state index contributed by atoms with van der Waals surface area (Å²) < 4.78 is 0. The van der Waals surface area contributed by atoms with Gasteiger partial charge < -0.3 is 0 Å². The molecule has 0 atom stereocenters. The molecular weight excluding hydrogens is 168 g/mol. The Balaban J connectivity index is 2.44. The highest BCUT2D eigenvalue weighted by atomic mass is 16.2. The van der Waals surface area contributed by atoms with Crippen molar-refractivity contribution in [3.8, 4) is 0 Å². The fourth-order valence-electron chi connectivity index (χ4n) is 1.38. The molecule has 66 valence electrons. The molecule has 4 heteroatoms. The predicted molar refractivity (Wildman–Crippen MR) is 44.8 cm³/mol. The van der Waals surface area contributed by atoms with Gasteiger partial charge in [-0.2, -0.15) is 0 Å². The molecule has 2 heterocycles. The van der Waals surface area contributed by atoms with Gasteiger partial charge in [-0.25, -0.2) is 0 Å². The molecule has 1 aromatic heterocycles. The maximum Gasteiger partial charge on any atom is 0.262 e. The predicted octanol–water partition coefficient (Wildman–Crippen LogP) is 0.584. The SMILES string of the molecule is CC(=O)N1Cc2ncccc2C1=O. The lowest BCUT2D eigenvalue weighted by atomic mass is 10.2. The Hall–Kier alpha value is -1.71. The molecule has 0 saturated heterocycles. The van der Waals surface area contributed by atoms with Gasteiger partial charge in [0.15, 0.2) is 0 Å². The molecule has 1 aliphatic heterocycles. The molecule has 0 N–H and O–H groups in total. The van der Waals surface area contributed by atoms with E-state index in [2.05, 4.69) is 4.98 Å². The summed E-state index contributed by atoms with van der Waals surface area (Å²) in [6.45, 7) is 1.69. The molecule has 0 saturated carbocycles. The largest absolute Gasteiger partial charge is 0.275 e. The normalized spacial score (nSPS) is 14.5. The van der Waals surface area contributed by atoms with E-state index in [-0.39, 0.29) is 11.8 Å². The number of fused-ring (bicyclic) bond motifs is 1. The lowest BCUT2D eigenvalue weighted by Crippen LogP contribution is -2.28. The Kier molecular flexibility index (Phi) is 1.62. The molecule has 1 aromatic rings. The summed E-state index contributed by atoms with van der Waals surface area (Å²) in [6, 6.07) is 3.38. The van der Waals surface area contributed by atoms with Crippen molar-refractivity contribution in [2.45, 2.75) is 13.5 Å². The highest BCUT2D eigenvalue weighted by Crippen LogP contribution is 2.19. The van der Waals surface area contributed by atoms with E-state index in [9.17, 15) is 9.59 Å². The zero-order valence-corrected chi connectivity index (χ0v) is 7.15. The number of carbonyl (C=O) groups is 2. The fraction of sp³-hybridized carbons (Fsp3) is 0.222. The van der Waals surface area contributed by atoms with Crippen molar-refractivity contribution >= 4 is 11.8 Å². The Morgan fingerprint density at radius 2 is 2.38 bits per heavy atom. The standard InChI is InChI=1S/C9H8N2O2/c1-6(12)11-5-8-7(9(11)13)3-2-4-10-8/h2-4H,5H2,1H3. The summed E-state index contributed by atoms with van der Waals surface area (Å²) in [6.07, 6.45) is 1.62. The Bertz CT molecular complexity index is 387. The first-order chi connectivity index (χ1) is 6.20. The molecule has 0 radical (unpaired) electrons. The van der Waals surface area contributed by atoms with Crippen LogP contribution >= 0.6 is 0 Å². The van der Waals surface area contributed by atoms with Crippen molar-refractivity contribution in [1.29, 1.82) is 0 Å². The number of hydrogen-bond acceptors (Lipinski definition) is 3. The van der Waals surface area contributed by atoms with Crippen LogP contribution in [0.4, 0.5) is 0 Å². The molecular formula is C9H8N2O2. The van der Waals surface area contributed by atoms with Crippen molar-refractivity contribution in [2.75, 3.05) is 0 Å². The van der Waals surface area contributed by atoms with E-state index in [1.54, 1.807) is 18.3 Å². The average Bonchev–Trinajstić information content (AvgIpc) is 2.45. The molecule has 0 fully saturated rings. The molecule has 4 nitrogen and oxygen atoms in total. The second-order valence-electron chi connectivity index (χ2n) is 2.91. The van der Waals surface area contributed by atoms with Gasteiger partial charge in [-0.1, -0.05) is 0 Å². The molecule has 0 bridgehead atoms. The molecule has 1 aliphatic rings. The van der Waals surface area contributed by atoms with Gasteiger partial charge >= 0.3 is 0 Å². The number of amides is 2. The van der Waals surface area contributed by atoms with Gasteiger partial charge in [0, 0.05) is 13.1 Å². The first-order valence-electron chi connectivity index (χ1n) is 3.96. The van der Waals surface area contributed by atoms with Crippen LogP contribution < -0.4 is 0 Å². The minimum Gasteiger partial charge on any atom is -0.275 e. The Morgan fingerprint density at radius 1 is 1.62 bits per heavy atom. The zero-order chi connectivity index (χ0) is 9.42. The summed E-state index contributed by atoms with van der Waals surface area (Å²) >= 11 is 0. The molecule has 0 unspecified atom stereocenters. The third-order valence-electron chi connectivity index (χ3n) is 2.05. The molecule has 0 spiro atoms. The van der Waals surface area contributed by atoms with Crippen LogP contribution in [-0.4, -0.2) is 21.7 Å². The number of carbonyl (C=O) groups excluding carboxylic acids is 2. The second kappa shape index (κ2) is 2.65. The quantitative estimate of drug-likeness (QED) is 0.581. The van der Waals surface area contributed by atoms with Gasteiger partial charge in [0.25, 0.3) is 5.91 Å². The van der Waals surface area contributed by atoms with E-state index in [1.807, 2.05) is 0 Å². The van der Waals surface area contributed by atoms with Gasteiger partial charge in [0.2, 0.25) is 5.91 Å². The van der Waals surface area contributed by atoms with Crippen LogP contribution in [0, 0.1) is 0 Å². The summed E-state index contributed by atoms with van der Waals surface area (Å²) in [4.78, 5) is 27.7. The highest BCUT2D eigenvalue weighted by Gasteiger charge is 2.30. The number of aromatic nitrogens is 1. The van der Waals surface area contributed by atoms with Gasteiger partial charge in [-0.15, -0.1) is 0 Å². The van der Waals surface area contributed by atoms with Crippen LogP contribution in [0.5, 0.6) is 0 Å². The van der Waals surface area contributed by atoms with Crippen LogP contribution in [0.15, 0.2) is 18.3 Å². The van der Waals surface area contributed by atoms with Crippen molar-refractivity contribution in [2.24, 2.45) is 0 Å². The van der Waals surface area contributed by atoms with E-state index in [0.717, 1.165) is 0 Å². The van der Waals surface area contributed by atoms with Gasteiger partial charge in [0.1, 0.15) is 0 Å². The van der Waals surface area contributed by atoms with Crippen molar-refractivity contribution in [3.63, 3.8) is 0 Å². The molecule has 0 aliphatic carbocycles. The van der Waals surface area contributed by atoms with Crippen LogP contribution in [0.3, 0.4) is 0 Å². The molecule has 2 rings (SSSR count). The lowest BCUT2D eigenvalue weighted by molar-refractivity contribution is -0.126. The summed E-state index contributed by atoms with van der Waals surface area (Å²) in [5.74, 6) is -0.474. The van der Waals surface area contributed by atoms with E-state index >= 15 is 0 Å². The Labute approximate surface area is 75.2 Å². The van der Waals surface area contributed by atoms with E-state index < -0.39 is 0 Å². The molecule has 13 heavy (non-hydrogen) atoms. The highest BCUT2D eigenvalue weighted by molar-refractivity contribution is 6.06. The smallest absolute Gasteiger partial charge is 0.262 e. The zero-order valence-electron chi connectivity index (χ0n) is 7.15. The van der Waals surface area contributed by atoms with Crippen LogP contribution in [-0.2, 0) is 11.3 Å². The second-order valence-corrected chi connectivity index (χ2v) is 2.91. The lowest BCUT2D eigenvalue weighted by Gasteiger charge is -2.08. The van der Waals surface area contributed by atoms with Gasteiger partial charge in [-0.05, 0) is 12.1 Å². The number of hydrogen-bond donors (Lipinski definition) is 0. The Morgan fingerprint density at radius 3 is 3.00 bits per heavy atom. The molecule has 0 aromatic carbocycles. The third kappa shape index (κ3) is 1.11. The monoisotopic (exact) mass is 176 g/mol. The number of pyridine rings is 1. The van der Waals surface area contributed by atoms with E-state index in [4.69, 9.17) is 0 Å². The average molecular weight is 176 g/mol. The van der Waals surface area contributed by atoms with Gasteiger partial charge in [-0.3, -0.25) is 19.5 Å². The summed E-state index contributed by atoms with van der Waals surface area (Å²) in [5, 5.41) is 0. The van der Waals surface area contributed by atoms with Crippen molar-refractivity contribution < 1.29 is 9.59 Å². The maximum atomic E-state index is 11.5. The third-order valence-corrected chi connectivity index (χ3v) is 2.05. The minimum absolute atomic E-state index is 0.233. The molecule has 2 amide bonds. The first kappa shape index (κ1) is 7.91. The minimum atomic E-state index is -0.240. The first-order valence-corrected chi connectivity index (χ1v) is 3.96. The van der Waals surface area contributed by atoms with Crippen molar-refractivity contribution in [3.05, 3.63) is 29.6 Å². The van der Waals surface area contributed by atoms with Crippen LogP contribution in [0.25, 0.3) is 0 Å². The van der Waals surface area contributed by atoms with E-state index in [1.165, 1.54) is 11.8 Å². The number of nitrogens with zero attached hydrogens (tertiary/aromatic N) is 2. The van der Waals surface area contributed by atoms with Crippen molar-refractivity contribution in [1.82, 2.24) is 9.88 Å². The summed E-state index contributed by atoms with van der Waals surface area (Å²) in [7, 11) is 0. The topological polar surface area (TPSA) is 50.3 Å². The fourth-order valence-corrected chi connectivity index (χ4v) is 1.38. The van der Waals surface area contributed by atoms with Crippen LogP contribution in [0.2, 0.25) is 0 Å². The number of rotatable bonds is 0.